The summed E-state index contributed by atoms with van der Waals surface area (Å²) in [7, 11) is 0. The predicted octanol–water partition coefficient (Wildman–Crippen LogP) is 8.33. The molecule has 1 heterocycles. The topological polar surface area (TPSA) is 149 Å². The van der Waals surface area contributed by atoms with E-state index in [4.69, 9.17) is 9.47 Å². The fourth-order valence-electron chi connectivity index (χ4n) is 6.76. The van der Waals surface area contributed by atoms with Crippen LogP contribution >= 0.6 is 0 Å². The minimum atomic E-state index is -1.57. The molecule has 0 aromatic carbocycles. The molecule has 52 heavy (non-hydrogen) atoms. The molecule has 0 spiro atoms. The monoisotopic (exact) mass is 740 g/mol. The van der Waals surface area contributed by atoms with Crippen LogP contribution in [0.3, 0.4) is 0 Å². The molecule has 0 aromatic heterocycles. The zero-order chi connectivity index (χ0) is 38.1. The molecule has 1 aliphatic rings. The fraction of sp³-hybridized carbons (Fsp3) is 0.884. The van der Waals surface area contributed by atoms with E-state index < -0.39 is 49.5 Å². The fourth-order valence-corrected chi connectivity index (χ4v) is 6.76. The van der Waals surface area contributed by atoms with E-state index in [1.807, 2.05) is 6.08 Å². The lowest BCUT2D eigenvalue weighted by Gasteiger charge is -2.40. The number of aliphatic hydroxyl groups excluding tert-OH is 5. The molecular formula is C43H81NO8. The third-order valence-electron chi connectivity index (χ3n) is 10.3. The van der Waals surface area contributed by atoms with E-state index in [0.717, 1.165) is 38.5 Å². The number of allylic oxidation sites excluding steroid dienone is 3. The number of aliphatic hydroxyl groups is 5. The van der Waals surface area contributed by atoms with E-state index in [2.05, 4.69) is 31.3 Å². The number of hydrogen-bond acceptors (Lipinski definition) is 8. The van der Waals surface area contributed by atoms with E-state index in [9.17, 15) is 30.3 Å². The second-order valence-electron chi connectivity index (χ2n) is 15.1. The molecule has 0 radical (unpaired) electrons. The second kappa shape index (κ2) is 34.2. The van der Waals surface area contributed by atoms with Crippen LogP contribution in [0.5, 0.6) is 0 Å². The summed E-state index contributed by atoms with van der Waals surface area (Å²) in [5, 5.41) is 54.0. The first kappa shape index (κ1) is 48.7. The summed E-state index contributed by atoms with van der Waals surface area (Å²) in [6.07, 6.45) is 32.2. The molecule has 6 N–H and O–H groups in total. The summed E-state index contributed by atoms with van der Waals surface area (Å²) in [6.45, 7) is 3.74. The van der Waals surface area contributed by atoms with Gasteiger partial charge in [0.1, 0.15) is 24.4 Å². The summed E-state index contributed by atoms with van der Waals surface area (Å²) in [6, 6.07) is -0.815. The Bertz CT molecular complexity index is 868. The largest absolute Gasteiger partial charge is 0.394 e. The molecule has 1 saturated heterocycles. The van der Waals surface area contributed by atoms with Gasteiger partial charge in [-0.05, 0) is 32.1 Å². The van der Waals surface area contributed by atoms with Crippen molar-refractivity contribution in [2.24, 2.45) is 0 Å². The van der Waals surface area contributed by atoms with Crippen molar-refractivity contribution >= 4 is 5.91 Å². The quantitative estimate of drug-likeness (QED) is 0.0281. The highest BCUT2D eigenvalue weighted by atomic mass is 16.7. The van der Waals surface area contributed by atoms with E-state index in [0.29, 0.717) is 6.42 Å². The van der Waals surface area contributed by atoms with E-state index >= 15 is 0 Å². The van der Waals surface area contributed by atoms with Gasteiger partial charge in [0.15, 0.2) is 6.29 Å². The van der Waals surface area contributed by atoms with Crippen molar-refractivity contribution in [1.82, 2.24) is 5.32 Å². The van der Waals surface area contributed by atoms with Crippen LogP contribution in [0.1, 0.15) is 187 Å². The lowest BCUT2D eigenvalue weighted by atomic mass is 9.99. The molecule has 0 bridgehead atoms. The SMILES string of the molecule is CCCCCCCCCC/C=C/CC/C=C/C(O)C(COC1OC(CO)C(O)C(O)C1O)NC(=O)CCCCCCCCCCCCCCCCC. The molecule has 9 nitrogen and oxygen atoms in total. The van der Waals surface area contributed by atoms with Crippen molar-refractivity contribution < 1.29 is 39.8 Å². The highest BCUT2D eigenvalue weighted by molar-refractivity contribution is 5.76. The number of amides is 1. The van der Waals surface area contributed by atoms with Gasteiger partial charge in [-0.2, -0.15) is 0 Å². The standard InChI is InChI=1S/C43H81NO8/c1-3-5-7-9-11-13-15-17-19-21-23-25-27-29-31-33-39(47)44-36(35-51-43-42(50)41(49)40(48)38(34-45)52-43)37(46)32-30-28-26-24-22-20-18-16-14-12-10-8-6-4-2/h22,24,30,32,36-38,40-43,45-46,48-50H,3-21,23,25-29,31,33-35H2,1-2H3,(H,44,47)/b24-22+,32-30+. The van der Waals surface area contributed by atoms with Gasteiger partial charge in [0.25, 0.3) is 0 Å². The third-order valence-corrected chi connectivity index (χ3v) is 10.3. The average Bonchev–Trinajstić information content (AvgIpc) is 3.14. The molecule has 1 aliphatic heterocycles. The molecular weight excluding hydrogens is 658 g/mol. The van der Waals surface area contributed by atoms with Gasteiger partial charge >= 0.3 is 0 Å². The van der Waals surface area contributed by atoms with Crippen LogP contribution < -0.4 is 5.32 Å². The summed E-state index contributed by atoms with van der Waals surface area (Å²) >= 11 is 0. The van der Waals surface area contributed by atoms with Gasteiger partial charge in [0, 0.05) is 6.42 Å². The first-order valence-electron chi connectivity index (χ1n) is 21.6. The summed E-state index contributed by atoms with van der Waals surface area (Å²) in [5.41, 5.74) is 0. The number of unbranched alkanes of at least 4 members (excludes halogenated alkanes) is 23. The molecule has 7 atom stereocenters. The Labute approximate surface area is 318 Å². The Balaban J connectivity index is 2.42. The van der Waals surface area contributed by atoms with E-state index in [-0.39, 0.29) is 12.5 Å². The zero-order valence-corrected chi connectivity index (χ0v) is 33.3. The highest BCUT2D eigenvalue weighted by Crippen LogP contribution is 2.22. The molecule has 1 amide bonds. The van der Waals surface area contributed by atoms with Gasteiger partial charge in [0.2, 0.25) is 5.91 Å². The Hall–Kier alpha value is -1.33. The molecule has 1 rings (SSSR count). The number of nitrogens with one attached hydrogen (secondary N) is 1. The predicted molar refractivity (Wildman–Crippen MR) is 212 cm³/mol. The number of rotatable bonds is 35. The van der Waals surface area contributed by atoms with Gasteiger partial charge in [-0.15, -0.1) is 0 Å². The van der Waals surface area contributed by atoms with E-state index in [1.165, 1.54) is 128 Å². The normalized spacial score (nSPS) is 22.0. The van der Waals surface area contributed by atoms with Crippen molar-refractivity contribution in [3.63, 3.8) is 0 Å². The van der Waals surface area contributed by atoms with Crippen LogP contribution in [0, 0.1) is 0 Å². The Morgan fingerprint density at radius 1 is 0.635 bits per heavy atom. The van der Waals surface area contributed by atoms with Crippen molar-refractivity contribution in [2.45, 2.75) is 230 Å². The number of hydrogen-bond donors (Lipinski definition) is 6. The van der Waals surface area contributed by atoms with Gasteiger partial charge in [-0.1, -0.05) is 173 Å². The van der Waals surface area contributed by atoms with Crippen LogP contribution in [0.4, 0.5) is 0 Å². The van der Waals surface area contributed by atoms with Crippen molar-refractivity contribution in [3.05, 3.63) is 24.3 Å². The second-order valence-corrected chi connectivity index (χ2v) is 15.1. The van der Waals surface area contributed by atoms with Gasteiger partial charge < -0.3 is 40.3 Å². The average molecular weight is 740 g/mol. The zero-order valence-electron chi connectivity index (χ0n) is 33.3. The van der Waals surface area contributed by atoms with Crippen molar-refractivity contribution in [2.75, 3.05) is 13.2 Å². The summed E-state index contributed by atoms with van der Waals surface area (Å²) < 4.78 is 11.2. The molecule has 9 heteroatoms. The lowest BCUT2D eigenvalue weighted by molar-refractivity contribution is -0.302. The number of ether oxygens (including phenoxy) is 2. The van der Waals surface area contributed by atoms with Crippen LogP contribution in [0.25, 0.3) is 0 Å². The minimum absolute atomic E-state index is 0.187. The first-order chi connectivity index (χ1) is 25.3. The molecule has 0 aliphatic carbocycles. The Morgan fingerprint density at radius 2 is 1.10 bits per heavy atom. The maximum atomic E-state index is 12.9. The Kier molecular flexibility index (Phi) is 32.0. The van der Waals surface area contributed by atoms with Crippen molar-refractivity contribution in [1.29, 1.82) is 0 Å². The minimum Gasteiger partial charge on any atom is -0.394 e. The molecule has 0 aromatic rings. The van der Waals surface area contributed by atoms with Crippen LogP contribution in [-0.2, 0) is 14.3 Å². The van der Waals surface area contributed by atoms with Gasteiger partial charge in [0.05, 0.1) is 25.4 Å². The maximum Gasteiger partial charge on any atom is 0.220 e. The Morgan fingerprint density at radius 3 is 1.62 bits per heavy atom. The number of carbonyl (C=O) groups excluding carboxylic acids is 1. The molecule has 1 fully saturated rings. The van der Waals surface area contributed by atoms with E-state index in [1.54, 1.807) is 6.08 Å². The maximum absolute atomic E-state index is 12.9. The molecule has 0 saturated carbocycles. The lowest BCUT2D eigenvalue weighted by Crippen LogP contribution is -2.60. The van der Waals surface area contributed by atoms with Crippen LogP contribution in [0.15, 0.2) is 24.3 Å². The third kappa shape index (κ3) is 24.9. The summed E-state index contributed by atoms with van der Waals surface area (Å²) in [4.78, 5) is 12.9. The smallest absolute Gasteiger partial charge is 0.220 e. The first-order valence-corrected chi connectivity index (χ1v) is 21.6. The molecule has 7 unspecified atom stereocenters. The van der Waals surface area contributed by atoms with Crippen molar-refractivity contribution in [3.8, 4) is 0 Å². The van der Waals surface area contributed by atoms with Crippen LogP contribution in [-0.4, -0.2) is 87.5 Å². The molecule has 306 valence electrons. The van der Waals surface area contributed by atoms with Gasteiger partial charge in [-0.25, -0.2) is 0 Å². The number of carbonyl (C=O) groups is 1. The highest BCUT2D eigenvalue weighted by Gasteiger charge is 2.44. The van der Waals surface area contributed by atoms with Crippen LogP contribution in [0.2, 0.25) is 0 Å². The summed E-state index contributed by atoms with van der Waals surface area (Å²) in [5.74, 6) is -0.187. The van der Waals surface area contributed by atoms with Gasteiger partial charge in [-0.3, -0.25) is 4.79 Å².